The predicted molar refractivity (Wildman–Crippen MR) is 75.9 cm³/mol. The Morgan fingerprint density at radius 1 is 1.40 bits per heavy atom. The van der Waals surface area contributed by atoms with Gasteiger partial charge >= 0.3 is 0 Å². The zero-order chi connectivity index (χ0) is 14.7. The SMILES string of the molecule is Cc1ncc(Br)c(=O)n1Cc1ccc(C(=O)NN)cn1. The maximum absolute atomic E-state index is 12.0. The van der Waals surface area contributed by atoms with Crippen molar-refractivity contribution >= 4 is 21.8 Å². The van der Waals surface area contributed by atoms with E-state index in [1.54, 1.807) is 19.1 Å². The monoisotopic (exact) mass is 337 g/mol. The molecule has 0 aliphatic rings. The minimum atomic E-state index is -0.415. The highest BCUT2D eigenvalue weighted by Crippen LogP contribution is 2.05. The van der Waals surface area contributed by atoms with Gasteiger partial charge in [-0.1, -0.05) is 0 Å². The number of nitrogen functional groups attached to an aromatic ring is 1. The highest BCUT2D eigenvalue weighted by Gasteiger charge is 2.08. The average Bonchev–Trinajstić information content (AvgIpc) is 2.47. The molecule has 0 fully saturated rings. The van der Waals surface area contributed by atoms with E-state index < -0.39 is 5.91 Å². The Labute approximate surface area is 123 Å². The number of hydrazine groups is 1. The normalized spacial score (nSPS) is 10.3. The molecule has 0 bridgehead atoms. The summed E-state index contributed by atoms with van der Waals surface area (Å²) < 4.78 is 1.89. The number of pyridine rings is 1. The van der Waals surface area contributed by atoms with Crippen LogP contribution >= 0.6 is 15.9 Å². The van der Waals surface area contributed by atoms with Crippen molar-refractivity contribution in [1.29, 1.82) is 0 Å². The van der Waals surface area contributed by atoms with Crippen LogP contribution in [-0.2, 0) is 6.54 Å². The minimum Gasteiger partial charge on any atom is -0.290 e. The third-order valence-electron chi connectivity index (χ3n) is 2.74. The van der Waals surface area contributed by atoms with E-state index in [1.807, 2.05) is 5.43 Å². The van der Waals surface area contributed by atoms with Crippen LogP contribution in [0.3, 0.4) is 0 Å². The molecule has 8 heteroatoms. The van der Waals surface area contributed by atoms with Crippen LogP contribution in [-0.4, -0.2) is 20.4 Å². The lowest BCUT2D eigenvalue weighted by atomic mass is 10.2. The van der Waals surface area contributed by atoms with E-state index in [0.717, 1.165) is 0 Å². The number of aryl methyl sites for hydroxylation is 1. The fourth-order valence-electron chi connectivity index (χ4n) is 1.63. The number of nitrogens with zero attached hydrogens (tertiary/aromatic N) is 3. The summed E-state index contributed by atoms with van der Waals surface area (Å²) >= 11 is 3.15. The summed E-state index contributed by atoms with van der Waals surface area (Å²) in [7, 11) is 0. The van der Waals surface area contributed by atoms with Crippen LogP contribution in [0.15, 0.2) is 33.8 Å². The lowest BCUT2D eigenvalue weighted by molar-refractivity contribution is 0.0953. The Bertz CT molecular complexity index is 696. The van der Waals surface area contributed by atoms with Gasteiger partial charge in [0, 0.05) is 12.4 Å². The van der Waals surface area contributed by atoms with Gasteiger partial charge in [-0.2, -0.15) is 0 Å². The number of aromatic nitrogens is 3. The van der Waals surface area contributed by atoms with E-state index in [-0.39, 0.29) is 12.1 Å². The van der Waals surface area contributed by atoms with Crippen LogP contribution in [0.5, 0.6) is 0 Å². The molecule has 2 heterocycles. The highest BCUT2D eigenvalue weighted by atomic mass is 79.9. The first-order valence-corrected chi connectivity index (χ1v) is 6.50. The summed E-state index contributed by atoms with van der Waals surface area (Å²) in [4.78, 5) is 31.5. The predicted octanol–water partition coefficient (Wildman–Crippen LogP) is 0.361. The molecule has 0 aromatic carbocycles. The average molecular weight is 338 g/mol. The molecule has 20 heavy (non-hydrogen) atoms. The number of rotatable bonds is 3. The molecule has 3 N–H and O–H groups in total. The van der Waals surface area contributed by atoms with Gasteiger partial charge in [0.25, 0.3) is 11.5 Å². The molecular formula is C12H12BrN5O2. The van der Waals surface area contributed by atoms with E-state index >= 15 is 0 Å². The summed E-state index contributed by atoms with van der Waals surface area (Å²) in [5.41, 5.74) is 2.84. The molecule has 7 nitrogen and oxygen atoms in total. The Morgan fingerprint density at radius 2 is 2.15 bits per heavy atom. The molecule has 0 aliphatic heterocycles. The summed E-state index contributed by atoms with van der Waals surface area (Å²) in [5.74, 6) is 5.21. The summed E-state index contributed by atoms with van der Waals surface area (Å²) in [5, 5.41) is 0. The van der Waals surface area contributed by atoms with Gasteiger partial charge in [0.2, 0.25) is 0 Å². The third kappa shape index (κ3) is 2.91. The second kappa shape index (κ2) is 5.93. The lowest BCUT2D eigenvalue weighted by Gasteiger charge is -2.09. The van der Waals surface area contributed by atoms with Crippen molar-refractivity contribution in [3.63, 3.8) is 0 Å². The Morgan fingerprint density at radius 3 is 2.75 bits per heavy atom. The quantitative estimate of drug-likeness (QED) is 0.478. The van der Waals surface area contributed by atoms with Gasteiger partial charge in [0.15, 0.2) is 0 Å². The number of carbonyl (C=O) groups excluding carboxylic acids is 1. The van der Waals surface area contributed by atoms with E-state index in [4.69, 9.17) is 5.84 Å². The molecule has 2 aromatic heterocycles. The Kier molecular flexibility index (Phi) is 4.26. The molecule has 0 aliphatic carbocycles. The molecule has 2 rings (SSSR count). The lowest BCUT2D eigenvalue weighted by Crippen LogP contribution is -2.30. The molecule has 0 saturated heterocycles. The molecule has 0 spiro atoms. The number of hydrogen-bond donors (Lipinski definition) is 2. The molecule has 0 atom stereocenters. The zero-order valence-electron chi connectivity index (χ0n) is 10.6. The molecule has 0 radical (unpaired) electrons. The van der Waals surface area contributed by atoms with Crippen molar-refractivity contribution in [2.75, 3.05) is 0 Å². The van der Waals surface area contributed by atoms with Gasteiger partial charge in [-0.25, -0.2) is 10.8 Å². The van der Waals surface area contributed by atoms with E-state index in [9.17, 15) is 9.59 Å². The number of amides is 1. The first-order valence-electron chi connectivity index (χ1n) is 5.70. The van der Waals surface area contributed by atoms with Gasteiger partial charge in [0.1, 0.15) is 10.3 Å². The topological polar surface area (TPSA) is 103 Å². The van der Waals surface area contributed by atoms with Crippen LogP contribution < -0.4 is 16.8 Å². The van der Waals surface area contributed by atoms with Gasteiger partial charge in [0.05, 0.1) is 17.8 Å². The van der Waals surface area contributed by atoms with Gasteiger partial charge in [-0.3, -0.25) is 24.6 Å². The van der Waals surface area contributed by atoms with Crippen molar-refractivity contribution in [2.24, 2.45) is 5.84 Å². The minimum absolute atomic E-state index is 0.178. The van der Waals surface area contributed by atoms with Crippen LogP contribution in [0.2, 0.25) is 0 Å². The zero-order valence-corrected chi connectivity index (χ0v) is 12.2. The number of nitrogens with one attached hydrogen (secondary N) is 1. The van der Waals surface area contributed by atoms with E-state index in [2.05, 4.69) is 25.9 Å². The molecular weight excluding hydrogens is 326 g/mol. The molecule has 0 unspecified atom stereocenters. The Balaban J connectivity index is 2.29. The van der Waals surface area contributed by atoms with Crippen LogP contribution in [0, 0.1) is 6.92 Å². The second-order valence-corrected chi connectivity index (χ2v) is 4.91. The largest absolute Gasteiger partial charge is 0.290 e. The smallest absolute Gasteiger partial charge is 0.268 e. The van der Waals surface area contributed by atoms with Crippen molar-refractivity contribution in [3.8, 4) is 0 Å². The Hall–Kier alpha value is -2.06. The third-order valence-corrected chi connectivity index (χ3v) is 3.29. The summed E-state index contributed by atoms with van der Waals surface area (Å²) in [6.45, 7) is 2.02. The summed E-state index contributed by atoms with van der Waals surface area (Å²) in [6.07, 6.45) is 2.87. The number of nitrogens with two attached hydrogens (primary N) is 1. The van der Waals surface area contributed by atoms with Gasteiger partial charge in [-0.15, -0.1) is 0 Å². The van der Waals surface area contributed by atoms with Gasteiger partial charge in [-0.05, 0) is 35.0 Å². The first-order chi connectivity index (χ1) is 9.52. The molecule has 0 saturated carbocycles. The van der Waals surface area contributed by atoms with Crippen molar-refractivity contribution in [1.82, 2.24) is 20.0 Å². The molecule has 104 valence electrons. The first kappa shape index (κ1) is 14.4. The second-order valence-electron chi connectivity index (χ2n) is 4.06. The maximum Gasteiger partial charge on any atom is 0.268 e. The molecule has 2 aromatic rings. The van der Waals surface area contributed by atoms with Crippen molar-refractivity contribution in [2.45, 2.75) is 13.5 Å². The van der Waals surface area contributed by atoms with Gasteiger partial charge < -0.3 is 0 Å². The standard InChI is InChI=1S/C12H12BrN5O2/c1-7-15-5-10(13)12(20)18(7)6-9-3-2-8(4-16-9)11(19)17-14/h2-5H,6,14H2,1H3,(H,17,19). The van der Waals surface area contributed by atoms with Crippen molar-refractivity contribution in [3.05, 3.63) is 56.4 Å². The summed E-state index contributed by atoms with van der Waals surface area (Å²) in [6, 6.07) is 3.26. The number of hydrogen-bond acceptors (Lipinski definition) is 5. The number of carbonyl (C=O) groups is 1. The molecule has 1 amide bonds. The van der Waals surface area contributed by atoms with Crippen LogP contribution in [0.4, 0.5) is 0 Å². The maximum atomic E-state index is 12.0. The van der Waals surface area contributed by atoms with E-state index in [1.165, 1.54) is 17.0 Å². The fraction of sp³-hybridized carbons (Fsp3) is 0.167. The fourth-order valence-corrected chi connectivity index (χ4v) is 1.95. The van der Waals surface area contributed by atoms with Crippen molar-refractivity contribution < 1.29 is 4.79 Å². The van der Waals surface area contributed by atoms with Crippen LogP contribution in [0.1, 0.15) is 21.9 Å². The van der Waals surface area contributed by atoms with Crippen LogP contribution in [0.25, 0.3) is 0 Å². The highest BCUT2D eigenvalue weighted by molar-refractivity contribution is 9.10. The number of halogens is 1. The van der Waals surface area contributed by atoms with E-state index in [0.29, 0.717) is 21.6 Å².